The van der Waals surface area contributed by atoms with Crippen LogP contribution in [0.2, 0.25) is 0 Å². The molecule has 1 aromatic carbocycles. The first-order chi connectivity index (χ1) is 10.2. The van der Waals surface area contributed by atoms with E-state index in [0.717, 1.165) is 24.2 Å². The third-order valence-electron chi connectivity index (χ3n) is 3.66. The molecule has 2 N–H and O–H groups in total. The molecular formula is C15H19N5O. The zero-order valence-corrected chi connectivity index (χ0v) is 12.0. The molecule has 6 nitrogen and oxygen atoms in total. The minimum Gasteiger partial charge on any atom is -0.349 e. The fourth-order valence-corrected chi connectivity index (χ4v) is 2.50. The van der Waals surface area contributed by atoms with Crippen molar-refractivity contribution in [3.63, 3.8) is 0 Å². The molecule has 0 aliphatic carbocycles. The van der Waals surface area contributed by atoms with Gasteiger partial charge in [-0.15, -0.1) is 5.10 Å². The van der Waals surface area contributed by atoms with Gasteiger partial charge in [-0.3, -0.25) is 4.79 Å². The van der Waals surface area contributed by atoms with Gasteiger partial charge in [-0.25, -0.2) is 4.68 Å². The van der Waals surface area contributed by atoms with E-state index >= 15 is 0 Å². The van der Waals surface area contributed by atoms with E-state index in [1.54, 1.807) is 10.9 Å². The van der Waals surface area contributed by atoms with Gasteiger partial charge < -0.3 is 10.6 Å². The highest BCUT2D eigenvalue weighted by molar-refractivity contribution is 5.91. The number of hydrogen-bond acceptors (Lipinski definition) is 4. The lowest BCUT2D eigenvalue weighted by atomic mass is 10.2. The Morgan fingerprint density at radius 2 is 2.43 bits per heavy atom. The number of aromatic nitrogens is 3. The topological polar surface area (TPSA) is 71.8 Å². The number of nitrogens with zero attached hydrogens (tertiary/aromatic N) is 3. The van der Waals surface area contributed by atoms with Gasteiger partial charge in [-0.2, -0.15) is 0 Å². The summed E-state index contributed by atoms with van der Waals surface area (Å²) in [5, 5.41) is 14.2. The Kier molecular flexibility index (Phi) is 3.96. The summed E-state index contributed by atoms with van der Waals surface area (Å²) >= 11 is 0. The maximum Gasteiger partial charge on any atom is 0.273 e. The summed E-state index contributed by atoms with van der Waals surface area (Å²) in [6, 6.07) is 8.28. The molecule has 0 saturated carbocycles. The Morgan fingerprint density at radius 1 is 1.52 bits per heavy atom. The van der Waals surface area contributed by atoms with Crippen LogP contribution >= 0.6 is 0 Å². The number of nitrogens with one attached hydrogen (secondary N) is 2. The second kappa shape index (κ2) is 6.05. The smallest absolute Gasteiger partial charge is 0.273 e. The third kappa shape index (κ3) is 3.28. The Balaban J connectivity index is 1.65. The van der Waals surface area contributed by atoms with Gasteiger partial charge >= 0.3 is 0 Å². The summed E-state index contributed by atoms with van der Waals surface area (Å²) in [6.45, 7) is 3.68. The van der Waals surface area contributed by atoms with Gasteiger partial charge in [-0.1, -0.05) is 17.3 Å². The maximum absolute atomic E-state index is 12.1. The molecule has 1 aliphatic rings. The van der Waals surface area contributed by atoms with E-state index in [2.05, 4.69) is 20.9 Å². The standard InChI is InChI=1S/C15H19N5O/c1-11-4-2-6-13(8-11)20-10-14(18-19-20)15(21)17-9-12-5-3-7-16-12/h2,4,6,8,10,12,16H,3,5,7,9H2,1H3,(H,17,21). The Hall–Kier alpha value is -2.21. The van der Waals surface area contributed by atoms with E-state index in [1.165, 1.54) is 6.42 Å². The molecule has 1 atom stereocenters. The van der Waals surface area contributed by atoms with Crippen LogP contribution in [-0.4, -0.2) is 40.0 Å². The van der Waals surface area contributed by atoms with Crippen molar-refractivity contribution in [3.8, 4) is 5.69 Å². The Bertz CT molecular complexity index is 630. The number of carbonyl (C=O) groups is 1. The van der Waals surface area contributed by atoms with E-state index in [0.29, 0.717) is 18.3 Å². The molecule has 2 heterocycles. The number of carbonyl (C=O) groups excluding carboxylic acids is 1. The number of hydrogen-bond donors (Lipinski definition) is 2. The van der Waals surface area contributed by atoms with Crippen LogP contribution in [0.3, 0.4) is 0 Å². The van der Waals surface area contributed by atoms with Gasteiger partial charge in [0.2, 0.25) is 0 Å². The Labute approximate surface area is 123 Å². The largest absolute Gasteiger partial charge is 0.349 e. The molecule has 2 aromatic rings. The van der Waals surface area contributed by atoms with E-state index in [1.807, 2.05) is 31.2 Å². The number of rotatable bonds is 4. The molecule has 0 radical (unpaired) electrons. The molecule has 1 aromatic heterocycles. The van der Waals surface area contributed by atoms with Crippen LogP contribution in [0.25, 0.3) is 5.69 Å². The lowest BCUT2D eigenvalue weighted by Gasteiger charge is -2.09. The quantitative estimate of drug-likeness (QED) is 0.881. The number of aryl methyl sites for hydroxylation is 1. The fourth-order valence-electron chi connectivity index (χ4n) is 2.50. The van der Waals surface area contributed by atoms with Crippen LogP contribution in [0.1, 0.15) is 28.9 Å². The molecule has 1 unspecified atom stereocenters. The Morgan fingerprint density at radius 3 is 3.19 bits per heavy atom. The van der Waals surface area contributed by atoms with Crippen molar-refractivity contribution in [2.24, 2.45) is 0 Å². The van der Waals surface area contributed by atoms with Gasteiger partial charge in [0, 0.05) is 12.6 Å². The first kappa shape index (κ1) is 13.8. The highest BCUT2D eigenvalue weighted by Gasteiger charge is 2.17. The predicted octanol–water partition coefficient (Wildman–Crippen LogP) is 1.06. The van der Waals surface area contributed by atoms with Crippen LogP contribution in [0.15, 0.2) is 30.5 Å². The molecule has 110 valence electrons. The van der Waals surface area contributed by atoms with Crippen LogP contribution in [0, 0.1) is 6.92 Å². The highest BCUT2D eigenvalue weighted by Crippen LogP contribution is 2.09. The molecule has 0 bridgehead atoms. The average molecular weight is 285 g/mol. The SMILES string of the molecule is Cc1cccc(-n2cc(C(=O)NCC3CCCN3)nn2)c1. The number of benzene rings is 1. The van der Waals surface area contributed by atoms with Gasteiger partial charge in [0.1, 0.15) is 0 Å². The van der Waals surface area contributed by atoms with Gasteiger partial charge in [-0.05, 0) is 44.0 Å². The summed E-state index contributed by atoms with van der Waals surface area (Å²) < 4.78 is 1.62. The van der Waals surface area contributed by atoms with Crippen molar-refractivity contribution in [3.05, 3.63) is 41.7 Å². The molecule has 1 fully saturated rings. The second-order valence-corrected chi connectivity index (χ2v) is 5.39. The minimum atomic E-state index is -0.178. The molecule has 1 aliphatic heterocycles. The van der Waals surface area contributed by atoms with Crippen LogP contribution in [0.5, 0.6) is 0 Å². The normalized spacial score (nSPS) is 17.9. The monoisotopic (exact) mass is 285 g/mol. The predicted molar refractivity (Wildman–Crippen MR) is 79.5 cm³/mol. The van der Waals surface area contributed by atoms with E-state index < -0.39 is 0 Å². The number of amides is 1. The van der Waals surface area contributed by atoms with E-state index in [9.17, 15) is 4.79 Å². The lowest BCUT2D eigenvalue weighted by molar-refractivity contribution is 0.0945. The van der Waals surface area contributed by atoms with Gasteiger partial charge in [0.25, 0.3) is 5.91 Å². The fraction of sp³-hybridized carbons (Fsp3) is 0.400. The maximum atomic E-state index is 12.1. The van der Waals surface area contributed by atoms with Crippen molar-refractivity contribution in [2.75, 3.05) is 13.1 Å². The highest BCUT2D eigenvalue weighted by atomic mass is 16.2. The summed E-state index contributed by atoms with van der Waals surface area (Å²) in [6.07, 6.45) is 3.94. The lowest BCUT2D eigenvalue weighted by Crippen LogP contribution is -2.37. The summed E-state index contributed by atoms with van der Waals surface area (Å²) in [5.41, 5.74) is 2.38. The molecule has 1 amide bonds. The molecule has 3 rings (SSSR count). The third-order valence-corrected chi connectivity index (χ3v) is 3.66. The van der Waals surface area contributed by atoms with Gasteiger partial charge in [0.05, 0.1) is 11.9 Å². The van der Waals surface area contributed by atoms with Crippen molar-refractivity contribution in [1.29, 1.82) is 0 Å². The molecule has 6 heteroatoms. The summed E-state index contributed by atoms with van der Waals surface area (Å²) in [5.74, 6) is -0.178. The van der Waals surface area contributed by atoms with Crippen molar-refractivity contribution in [2.45, 2.75) is 25.8 Å². The van der Waals surface area contributed by atoms with Crippen molar-refractivity contribution in [1.82, 2.24) is 25.6 Å². The molecule has 0 spiro atoms. The first-order valence-electron chi connectivity index (χ1n) is 7.23. The minimum absolute atomic E-state index is 0.178. The van der Waals surface area contributed by atoms with Crippen molar-refractivity contribution >= 4 is 5.91 Å². The summed E-state index contributed by atoms with van der Waals surface area (Å²) in [4.78, 5) is 12.1. The summed E-state index contributed by atoms with van der Waals surface area (Å²) in [7, 11) is 0. The molecule has 21 heavy (non-hydrogen) atoms. The van der Waals surface area contributed by atoms with E-state index in [4.69, 9.17) is 0 Å². The van der Waals surface area contributed by atoms with E-state index in [-0.39, 0.29) is 5.91 Å². The average Bonchev–Trinajstić information content (AvgIpc) is 3.16. The van der Waals surface area contributed by atoms with Crippen LogP contribution < -0.4 is 10.6 Å². The molecular weight excluding hydrogens is 266 g/mol. The van der Waals surface area contributed by atoms with Crippen LogP contribution in [-0.2, 0) is 0 Å². The zero-order chi connectivity index (χ0) is 14.7. The second-order valence-electron chi connectivity index (χ2n) is 5.39. The first-order valence-corrected chi connectivity index (χ1v) is 7.23. The molecule has 1 saturated heterocycles. The zero-order valence-electron chi connectivity index (χ0n) is 12.0. The van der Waals surface area contributed by atoms with Gasteiger partial charge in [0.15, 0.2) is 5.69 Å². The van der Waals surface area contributed by atoms with Crippen molar-refractivity contribution < 1.29 is 4.79 Å². The van der Waals surface area contributed by atoms with Crippen LogP contribution in [0.4, 0.5) is 0 Å².